The topological polar surface area (TPSA) is 164 Å². The van der Waals surface area contributed by atoms with Crippen molar-refractivity contribution in [2.45, 2.75) is 23.8 Å². The minimum absolute atomic E-state index is 0.0601. The monoisotopic (exact) mass is 426 g/mol. The molecule has 2 N–H and O–H groups in total. The number of nitriles is 2. The number of aliphatic imine (C=N–C) groups is 1. The maximum Gasteiger partial charge on any atom is 0.324 e. The number of nitrogens with zero attached hydrogens (tertiary/aromatic N) is 7. The molecule has 0 spiro atoms. The molecular formula is C18H18N8O3S. The van der Waals surface area contributed by atoms with Crippen molar-refractivity contribution in [3.8, 4) is 12.1 Å². The maximum atomic E-state index is 12.3. The Morgan fingerprint density at radius 3 is 2.73 bits per heavy atom. The summed E-state index contributed by atoms with van der Waals surface area (Å²) in [5, 5.41) is 37.4. The molecule has 2 aromatic rings. The number of rotatable bonds is 6. The van der Waals surface area contributed by atoms with Gasteiger partial charge in [0.05, 0.1) is 42.2 Å². The molecule has 154 valence electrons. The van der Waals surface area contributed by atoms with Gasteiger partial charge in [-0.2, -0.15) is 10.5 Å². The van der Waals surface area contributed by atoms with E-state index in [1.807, 2.05) is 11.1 Å². The van der Waals surface area contributed by atoms with Crippen molar-refractivity contribution in [3.63, 3.8) is 0 Å². The summed E-state index contributed by atoms with van der Waals surface area (Å²) >= 11 is 1.06. The highest BCUT2D eigenvalue weighted by Gasteiger charge is 2.32. The van der Waals surface area contributed by atoms with Crippen LogP contribution in [0.25, 0.3) is 0 Å². The van der Waals surface area contributed by atoms with Crippen molar-refractivity contribution in [2.24, 2.45) is 4.99 Å². The molecule has 1 saturated carbocycles. The molecule has 0 radical (unpaired) electrons. The van der Waals surface area contributed by atoms with E-state index in [-0.39, 0.29) is 28.9 Å². The Hall–Kier alpha value is -3.35. The van der Waals surface area contributed by atoms with Gasteiger partial charge in [-0.25, -0.2) is 9.98 Å². The Bertz CT molecular complexity index is 1060. The predicted octanol–water partition coefficient (Wildman–Crippen LogP) is -0.289. The Morgan fingerprint density at radius 2 is 2.07 bits per heavy atom. The van der Waals surface area contributed by atoms with Gasteiger partial charge in [0.2, 0.25) is 5.27 Å². The van der Waals surface area contributed by atoms with E-state index >= 15 is 0 Å². The summed E-state index contributed by atoms with van der Waals surface area (Å²) in [6.07, 6.45) is 3.33. The van der Waals surface area contributed by atoms with Crippen LogP contribution < -0.4 is 20.6 Å². The van der Waals surface area contributed by atoms with Crippen molar-refractivity contribution in [1.29, 1.82) is 10.5 Å². The highest BCUT2D eigenvalue weighted by atomic mass is 32.2. The van der Waals surface area contributed by atoms with Crippen LogP contribution in [0.4, 0.5) is 11.7 Å². The lowest BCUT2D eigenvalue weighted by molar-refractivity contribution is -0.759. The molecule has 0 atom stereocenters. The fourth-order valence-electron chi connectivity index (χ4n) is 3.17. The van der Waals surface area contributed by atoms with Crippen LogP contribution in [0.2, 0.25) is 0 Å². The Kier molecular flexibility index (Phi) is 5.70. The lowest BCUT2D eigenvalue weighted by atomic mass is 10.0. The van der Waals surface area contributed by atoms with E-state index < -0.39 is 5.90 Å². The summed E-state index contributed by atoms with van der Waals surface area (Å²) in [7, 11) is 0. The third-order valence-corrected chi connectivity index (χ3v) is 5.69. The second-order valence-electron chi connectivity index (χ2n) is 6.78. The van der Waals surface area contributed by atoms with Crippen LogP contribution in [0.1, 0.15) is 35.4 Å². The maximum absolute atomic E-state index is 12.3. The molecule has 12 heteroatoms. The quantitative estimate of drug-likeness (QED) is 0.281. The highest BCUT2D eigenvalue weighted by Crippen LogP contribution is 2.45. The molecule has 0 aromatic carbocycles. The van der Waals surface area contributed by atoms with E-state index in [0.29, 0.717) is 42.5 Å². The summed E-state index contributed by atoms with van der Waals surface area (Å²) in [5.74, 6) is -0.225. The van der Waals surface area contributed by atoms with Gasteiger partial charge < -0.3 is 15.6 Å². The van der Waals surface area contributed by atoms with Crippen LogP contribution in [-0.4, -0.2) is 48.2 Å². The standard InChI is InChI=1S/C18H18N8O3S/c19-7-12-16(11-1-2-11)13(8-20)18(23-17(12)21)30-10-14(27)22-15-9-26(24-29-15)25-3-5-28-6-4-25/h9,11H,1-6,10H2,(H2-,21,22,23,24,27). The van der Waals surface area contributed by atoms with Gasteiger partial charge in [0.15, 0.2) is 0 Å². The smallest absolute Gasteiger partial charge is 0.324 e. The number of nitrogen functional groups attached to an aromatic ring is 1. The summed E-state index contributed by atoms with van der Waals surface area (Å²) in [4.78, 5) is 9.58. The molecule has 3 heterocycles. The van der Waals surface area contributed by atoms with Crippen molar-refractivity contribution < 1.29 is 19.2 Å². The van der Waals surface area contributed by atoms with E-state index in [0.717, 1.165) is 24.6 Å². The van der Waals surface area contributed by atoms with Crippen LogP contribution >= 0.6 is 11.8 Å². The predicted molar refractivity (Wildman–Crippen MR) is 103 cm³/mol. The number of hydrogen-bond donors (Lipinski definition) is 1. The first-order chi connectivity index (χ1) is 14.6. The number of morpholine rings is 1. The summed E-state index contributed by atoms with van der Waals surface area (Å²) in [6.45, 7) is 2.50. The van der Waals surface area contributed by atoms with Crippen LogP contribution in [0, 0.1) is 22.7 Å². The van der Waals surface area contributed by atoms with E-state index in [4.69, 9.17) is 15.0 Å². The normalized spacial score (nSPS) is 16.9. The Morgan fingerprint density at radius 1 is 1.33 bits per heavy atom. The van der Waals surface area contributed by atoms with Gasteiger partial charge in [0.1, 0.15) is 23.0 Å². The second-order valence-corrected chi connectivity index (χ2v) is 7.75. The van der Waals surface area contributed by atoms with E-state index in [1.165, 1.54) is 11.0 Å². The van der Waals surface area contributed by atoms with Crippen LogP contribution in [0.3, 0.4) is 0 Å². The van der Waals surface area contributed by atoms with E-state index in [1.54, 1.807) is 0 Å². The number of hydrogen-bond acceptors (Lipinski definition) is 11. The highest BCUT2D eigenvalue weighted by molar-refractivity contribution is 7.99. The van der Waals surface area contributed by atoms with Gasteiger partial charge in [0.25, 0.3) is 6.20 Å². The number of anilines is 1. The molecule has 0 amide bonds. The van der Waals surface area contributed by atoms with Gasteiger partial charge in [-0.1, -0.05) is 11.8 Å². The number of pyridine rings is 1. The molecule has 1 aliphatic carbocycles. The van der Waals surface area contributed by atoms with Crippen LogP contribution in [0.5, 0.6) is 0 Å². The first-order valence-corrected chi connectivity index (χ1v) is 10.3. The second kappa shape index (κ2) is 8.57. The third kappa shape index (κ3) is 4.15. The summed E-state index contributed by atoms with van der Waals surface area (Å²) < 4.78 is 10.4. The van der Waals surface area contributed by atoms with Gasteiger partial charge >= 0.3 is 5.88 Å². The number of ether oxygens (including phenoxy) is 1. The average molecular weight is 426 g/mol. The molecule has 11 nitrogen and oxygen atoms in total. The summed E-state index contributed by atoms with van der Waals surface area (Å²) in [5.41, 5.74) is 7.13. The van der Waals surface area contributed by atoms with E-state index in [2.05, 4.69) is 21.3 Å². The SMILES string of the molecule is N#Cc1c(N)nc(SC/C([O-])=N\c2c[n+](N3CCOCC3)no2)c(C#N)c1C1CC1. The largest absolute Gasteiger partial charge is 0.861 e. The molecular weight excluding hydrogens is 408 g/mol. The summed E-state index contributed by atoms with van der Waals surface area (Å²) in [6, 6.07) is 4.17. The lowest BCUT2D eigenvalue weighted by Gasteiger charge is -2.18. The Balaban J connectivity index is 1.49. The molecule has 1 aliphatic heterocycles. The van der Waals surface area contributed by atoms with Crippen LogP contribution in [-0.2, 0) is 4.74 Å². The first kappa shape index (κ1) is 19.9. The Labute approximate surface area is 176 Å². The van der Waals surface area contributed by atoms with Crippen molar-refractivity contribution in [3.05, 3.63) is 22.9 Å². The zero-order chi connectivity index (χ0) is 21.1. The van der Waals surface area contributed by atoms with E-state index in [9.17, 15) is 15.6 Å². The zero-order valence-electron chi connectivity index (χ0n) is 15.9. The lowest BCUT2D eigenvalue weighted by Crippen LogP contribution is -2.62. The average Bonchev–Trinajstić information content (AvgIpc) is 3.50. The first-order valence-electron chi connectivity index (χ1n) is 9.33. The molecule has 0 unspecified atom stereocenters. The van der Waals surface area contributed by atoms with Crippen LogP contribution in [0.15, 0.2) is 20.7 Å². The van der Waals surface area contributed by atoms with Gasteiger partial charge in [0, 0.05) is 5.75 Å². The molecule has 30 heavy (non-hydrogen) atoms. The molecule has 2 aromatic heterocycles. The fraction of sp³-hybridized carbons (Fsp3) is 0.444. The molecule has 0 bridgehead atoms. The van der Waals surface area contributed by atoms with Gasteiger partial charge in [-0.3, -0.25) is 4.52 Å². The van der Waals surface area contributed by atoms with Gasteiger partial charge in [-0.15, -0.1) is 5.01 Å². The number of aromatic nitrogens is 3. The van der Waals surface area contributed by atoms with Gasteiger partial charge in [-0.05, 0) is 30.2 Å². The van der Waals surface area contributed by atoms with Crippen molar-refractivity contribution in [1.82, 2.24) is 10.3 Å². The molecule has 4 rings (SSSR count). The number of nitrogens with two attached hydrogens (primary N) is 1. The van der Waals surface area contributed by atoms with Crippen molar-refractivity contribution >= 4 is 29.4 Å². The minimum atomic E-state index is -0.466. The molecule has 2 fully saturated rings. The molecule has 2 aliphatic rings. The molecule has 1 saturated heterocycles. The third-order valence-electron chi connectivity index (χ3n) is 4.73. The van der Waals surface area contributed by atoms with Crippen molar-refractivity contribution in [2.75, 3.05) is 42.8 Å². The number of thioether (sulfide) groups is 1. The fourth-order valence-corrected chi connectivity index (χ4v) is 3.95. The zero-order valence-corrected chi connectivity index (χ0v) is 16.8. The minimum Gasteiger partial charge on any atom is -0.861 e.